The van der Waals surface area contributed by atoms with Crippen LogP contribution in [-0.2, 0) is 0 Å². The summed E-state index contributed by atoms with van der Waals surface area (Å²) < 4.78 is 5.25. The molecule has 1 atom stereocenters. The number of hydrogen-bond acceptors (Lipinski definition) is 3. The highest BCUT2D eigenvalue weighted by Crippen LogP contribution is 2.26. The summed E-state index contributed by atoms with van der Waals surface area (Å²) in [6, 6.07) is 8.47. The number of hydrogen-bond donors (Lipinski definition) is 1. The third-order valence-electron chi connectivity index (χ3n) is 2.97. The fraction of sp³-hybridized carbons (Fsp3) is 0.357. The molecule has 3 nitrogen and oxygen atoms in total. The zero-order valence-corrected chi connectivity index (χ0v) is 10.5. The van der Waals surface area contributed by atoms with E-state index in [0.29, 0.717) is 6.04 Å². The van der Waals surface area contributed by atoms with Gasteiger partial charge >= 0.3 is 0 Å². The first kappa shape index (κ1) is 11.7. The Balaban J connectivity index is 2.46. The van der Waals surface area contributed by atoms with Gasteiger partial charge in [0.15, 0.2) is 0 Å². The van der Waals surface area contributed by atoms with E-state index in [1.807, 2.05) is 24.4 Å². The number of aromatic nitrogens is 1. The van der Waals surface area contributed by atoms with E-state index in [1.165, 1.54) is 5.39 Å². The number of pyridine rings is 1. The lowest BCUT2D eigenvalue weighted by Gasteiger charge is -2.14. The topological polar surface area (TPSA) is 34.2 Å². The average Bonchev–Trinajstić information content (AvgIpc) is 2.38. The number of benzene rings is 1. The molecule has 0 aliphatic heterocycles. The van der Waals surface area contributed by atoms with Crippen LogP contribution >= 0.6 is 0 Å². The molecule has 17 heavy (non-hydrogen) atoms. The van der Waals surface area contributed by atoms with Gasteiger partial charge < -0.3 is 10.1 Å². The van der Waals surface area contributed by atoms with Gasteiger partial charge in [-0.15, -0.1) is 0 Å². The quantitative estimate of drug-likeness (QED) is 0.873. The molecule has 0 fully saturated rings. The van der Waals surface area contributed by atoms with Gasteiger partial charge in [-0.3, -0.25) is 0 Å². The molecule has 3 heteroatoms. The predicted octanol–water partition coefficient (Wildman–Crippen LogP) is 3.45. The lowest BCUT2D eigenvalue weighted by Crippen LogP contribution is -2.14. The molecule has 1 aromatic heterocycles. The number of nitrogens with one attached hydrogen (secondary N) is 1. The second kappa shape index (κ2) is 5.04. The number of rotatable bonds is 4. The van der Waals surface area contributed by atoms with Gasteiger partial charge in [-0.1, -0.05) is 13.0 Å². The minimum Gasteiger partial charge on any atom is -0.497 e. The number of anilines is 1. The largest absolute Gasteiger partial charge is 0.497 e. The predicted molar refractivity (Wildman–Crippen MR) is 71.7 cm³/mol. The van der Waals surface area contributed by atoms with Gasteiger partial charge in [0.05, 0.1) is 7.11 Å². The minimum atomic E-state index is 0.416. The van der Waals surface area contributed by atoms with Crippen LogP contribution < -0.4 is 10.1 Å². The first-order chi connectivity index (χ1) is 8.24. The van der Waals surface area contributed by atoms with Crippen molar-refractivity contribution < 1.29 is 4.74 Å². The Morgan fingerprint density at radius 3 is 2.88 bits per heavy atom. The molecule has 0 spiro atoms. The molecule has 0 bridgehead atoms. The first-order valence-electron chi connectivity index (χ1n) is 5.94. The summed E-state index contributed by atoms with van der Waals surface area (Å²) in [5, 5.41) is 5.70. The summed E-state index contributed by atoms with van der Waals surface area (Å²) in [5.74, 6) is 1.79. The van der Waals surface area contributed by atoms with Crippen molar-refractivity contribution in [2.24, 2.45) is 0 Å². The number of ether oxygens (including phenoxy) is 1. The van der Waals surface area contributed by atoms with Crippen molar-refractivity contribution in [1.82, 2.24) is 4.98 Å². The number of fused-ring (bicyclic) bond motifs is 1. The highest BCUT2D eigenvalue weighted by molar-refractivity contribution is 5.92. The van der Waals surface area contributed by atoms with Crippen LogP contribution in [0.25, 0.3) is 10.8 Å². The van der Waals surface area contributed by atoms with Crippen LogP contribution in [0.1, 0.15) is 20.3 Å². The van der Waals surface area contributed by atoms with Gasteiger partial charge in [-0.2, -0.15) is 0 Å². The van der Waals surface area contributed by atoms with E-state index in [4.69, 9.17) is 4.74 Å². The van der Waals surface area contributed by atoms with Crippen LogP contribution in [0.15, 0.2) is 30.5 Å². The zero-order chi connectivity index (χ0) is 12.3. The van der Waals surface area contributed by atoms with Gasteiger partial charge in [0, 0.05) is 17.6 Å². The van der Waals surface area contributed by atoms with Gasteiger partial charge in [0.25, 0.3) is 0 Å². The summed E-state index contributed by atoms with van der Waals surface area (Å²) in [5.41, 5.74) is 0. The van der Waals surface area contributed by atoms with Gasteiger partial charge in [-0.05, 0) is 36.9 Å². The maximum atomic E-state index is 5.25. The Bertz CT molecular complexity index is 511. The van der Waals surface area contributed by atoms with Gasteiger partial charge in [0.2, 0.25) is 0 Å². The maximum absolute atomic E-state index is 5.25. The van der Waals surface area contributed by atoms with Gasteiger partial charge in [0.1, 0.15) is 11.6 Å². The standard InChI is InChI=1S/C14H18N2O/c1-4-10(2)16-14-13-9-12(17-3)6-5-11(13)7-8-15-14/h5-10H,4H2,1-3H3,(H,15,16). The molecule has 1 unspecified atom stereocenters. The SMILES string of the molecule is CCC(C)Nc1nccc2ccc(OC)cc12. The summed E-state index contributed by atoms with van der Waals surface area (Å²) in [7, 11) is 1.68. The van der Waals surface area contributed by atoms with E-state index in [2.05, 4.69) is 30.2 Å². The highest BCUT2D eigenvalue weighted by atomic mass is 16.5. The van der Waals surface area contributed by atoms with Crippen LogP contribution in [-0.4, -0.2) is 18.1 Å². The van der Waals surface area contributed by atoms with E-state index < -0.39 is 0 Å². The number of methoxy groups -OCH3 is 1. The van der Waals surface area contributed by atoms with E-state index >= 15 is 0 Å². The molecule has 0 radical (unpaired) electrons. The summed E-state index contributed by atoms with van der Waals surface area (Å²) >= 11 is 0. The van der Waals surface area contributed by atoms with Gasteiger partial charge in [-0.25, -0.2) is 4.98 Å². The molecule has 90 valence electrons. The Morgan fingerprint density at radius 2 is 2.18 bits per heavy atom. The normalized spacial score (nSPS) is 12.4. The van der Waals surface area contributed by atoms with E-state index in [1.54, 1.807) is 7.11 Å². The molecule has 0 amide bonds. The fourth-order valence-electron chi connectivity index (χ4n) is 1.72. The zero-order valence-electron chi connectivity index (χ0n) is 10.5. The van der Waals surface area contributed by atoms with Crippen molar-refractivity contribution >= 4 is 16.6 Å². The van der Waals surface area contributed by atoms with Crippen molar-refractivity contribution in [2.75, 3.05) is 12.4 Å². The molecular formula is C14H18N2O. The molecule has 1 heterocycles. The van der Waals surface area contributed by atoms with E-state index in [9.17, 15) is 0 Å². The molecule has 0 saturated heterocycles. The Morgan fingerprint density at radius 1 is 1.35 bits per heavy atom. The summed E-state index contributed by atoms with van der Waals surface area (Å²) in [4.78, 5) is 4.40. The molecular weight excluding hydrogens is 212 g/mol. The number of nitrogens with zero attached hydrogens (tertiary/aromatic N) is 1. The molecule has 2 aromatic rings. The first-order valence-corrected chi connectivity index (χ1v) is 5.94. The second-order valence-electron chi connectivity index (χ2n) is 4.20. The Kier molecular flexibility index (Phi) is 3.47. The minimum absolute atomic E-state index is 0.416. The van der Waals surface area contributed by atoms with Crippen molar-refractivity contribution in [1.29, 1.82) is 0 Å². The molecule has 0 aliphatic carbocycles. The van der Waals surface area contributed by atoms with E-state index in [-0.39, 0.29) is 0 Å². The Labute approximate surface area is 102 Å². The Hall–Kier alpha value is -1.77. The molecule has 1 N–H and O–H groups in total. The smallest absolute Gasteiger partial charge is 0.134 e. The van der Waals surface area contributed by atoms with Crippen LogP contribution in [0.3, 0.4) is 0 Å². The van der Waals surface area contributed by atoms with Crippen molar-refractivity contribution in [2.45, 2.75) is 26.3 Å². The van der Waals surface area contributed by atoms with Crippen LogP contribution in [0, 0.1) is 0 Å². The third-order valence-corrected chi connectivity index (χ3v) is 2.97. The second-order valence-corrected chi connectivity index (χ2v) is 4.20. The van der Waals surface area contributed by atoms with Crippen molar-refractivity contribution in [3.8, 4) is 5.75 Å². The van der Waals surface area contributed by atoms with Crippen LogP contribution in [0.4, 0.5) is 5.82 Å². The summed E-state index contributed by atoms with van der Waals surface area (Å²) in [6.45, 7) is 4.31. The fourth-order valence-corrected chi connectivity index (χ4v) is 1.72. The summed E-state index contributed by atoms with van der Waals surface area (Å²) in [6.07, 6.45) is 2.90. The van der Waals surface area contributed by atoms with Crippen LogP contribution in [0.2, 0.25) is 0 Å². The lowest BCUT2D eigenvalue weighted by atomic mass is 10.1. The highest BCUT2D eigenvalue weighted by Gasteiger charge is 2.06. The molecule has 0 saturated carbocycles. The van der Waals surface area contributed by atoms with Crippen LogP contribution in [0.5, 0.6) is 5.75 Å². The maximum Gasteiger partial charge on any atom is 0.134 e. The van der Waals surface area contributed by atoms with Crippen molar-refractivity contribution in [3.63, 3.8) is 0 Å². The molecule has 1 aromatic carbocycles. The molecule has 2 rings (SSSR count). The monoisotopic (exact) mass is 230 g/mol. The molecule has 0 aliphatic rings. The van der Waals surface area contributed by atoms with E-state index in [0.717, 1.165) is 23.4 Å². The average molecular weight is 230 g/mol. The third kappa shape index (κ3) is 2.49. The van der Waals surface area contributed by atoms with Crippen molar-refractivity contribution in [3.05, 3.63) is 30.5 Å². The lowest BCUT2D eigenvalue weighted by molar-refractivity contribution is 0.415.